The lowest BCUT2D eigenvalue weighted by atomic mass is 10.2. The molecule has 0 radical (unpaired) electrons. The van der Waals surface area contributed by atoms with Gasteiger partial charge in [-0.25, -0.2) is 0 Å². The number of amides is 1. The Hall–Kier alpha value is -1.19. The van der Waals surface area contributed by atoms with Gasteiger partial charge in [0.05, 0.1) is 17.2 Å². The molecule has 0 saturated carbocycles. The molecule has 3 nitrogen and oxygen atoms in total. The van der Waals surface area contributed by atoms with Crippen LogP contribution in [0.4, 0.5) is 0 Å². The summed E-state index contributed by atoms with van der Waals surface area (Å²) in [6.07, 6.45) is 2.76. The van der Waals surface area contributed by atoms with E-state index < -0.39 is 5.91 Å². The summed E-state index contributed by atoms with van der Waals surface area (Å²) in [7, 11) is 1.48. The van der Waals surface area contributed by atoms with Crippen LogP contribution < -0.4 is 10.5 Å². The number of carbonyl (C=O) groups is 1. The van der Waals surface area contributed by atoms with Crippen molar-refractivity contribution in [3.05, 3.63) is 33.8 Å². The van der Waals surface area contributed by atoms with Crippen LogP contribution in [0, 0.1) is 0 Å². The maximum Gasteiger partial charge on any atom is 0.241 e. The second-order valence-electron chi connectivity index (χ2n) is 2.75. The summed E-state index contributed by atoms with van der Waals surface area (Å²) >= 11 is 11.8. The highest BCUT2D eigenvalue weighted by Gasteiger charge is 2.06. The van der Waals surface area contributed by atoms with Gasteiger partial charge in [0.2, 0.25) is 5.91 Å². The SMILES string of the molecule is COc1c(Cl)cc(/C=C/C(N)=O)cc1Cl. The number of hydrogen-bond acceptors (Lipinski definition) is 2. The molecule has 0 fully saturated rings. The van der Waals surface area contributed by atoms with Crippen LogP contribution in [0.2, 0.25) is 10.0 Å². The summed E-state index contributed by atoms with van der Waals surface area (Å²) in [6.45, 7) is 0. The fraction of sp³-hybridized carbons (Fsp3) is 0.100. The Bertz CT molecular complexity index is 393. The molecule has 0 aromatic heterocycles. The van der Waals surface area contributed by atoms with Crippen molar-refractivity contribution >= 4 is 35.2 Å². The van der Waals surface area contributed by atoms with Crippen LogP contribution in [-0.2, 0) is 4.79 Å². The van der Waals surface area contributed by atoms with Crippen LogP contribution in [-0.4, -0.2) is 13.0 Å². The molecule has 0 atom stereocenters. The van der Waals surface area contributed by atoms with Gasteiger partial charge < -0.3 is 10.5 Å². The van der Waals surface area contributed by atoms with Gasteiger partial charge in [-0.15, -0.1) is 0 Å². The molecule has 1 amide bonds. The van der Waals surface area contributed by atoms with E-state index in [-0.39, 0.29) is 0 Å². The molecule has 2 N–H and O–H groups in total. The van der Waals surface area contributed by atoms with Crippen molar-refractivity contribution in [1.82, 2.24) is 0 Å². The fourth-order valence-corrected chi connectivity index (χ4v) is 1.71. The Kier molecular flexibility index (Phi) is 4.00. The molecule has 15 heavy (non-hydrogen) atoms. The Morgan fingerprint density at radius 2 is 1.93 bits per heavy atom. The van der Waals surface area contributed by atoms with Crippen LogP contribution in [0.25, 0.3) is 6.08 Å². The smallest absolute Gasteiger partial charge is 0.241 e. The zero-order chi connectivity index (χ0) is 11.4. The maximum atomic E-state index is 10.5. The zero-order valence-corrected chi connectivity index (χ0v) is 9.47. The molecular formula is C10H9Cl2NO2. The van der Waals surface area contributed by atoms with Gasteiger partial charge in [-0.2, -0.15) is 0 Å². The van der Waals surface area contributed by atoms with Crippen molar-refractivity contribution in [1.29, 1.82) is 0 Å². The quantitative estimate of drug-likeness (QED) is 0.833. The second-order valence-corrected chi connectivity index (χ2v) is 3.57. The van der Waals surface area contributed by atoms with E-state index in [1.807, 2.05) is 0 Å². The van der Waals surface area contributed by atoms with Crippen molar-refractivity contribution < 1.29 is 9.53 Å². The Morgan fingerprint density at radius 1 is 1.40 bits per heavy atom. The van der Waals surface area contributed by atoms with Crippen molar-refractivity contribution in [3.63, 3.8) is 0 Å². The first-order valence-electron chi connectivity index (χ1n) is 4.05. The van der Waals surface area contributed by atoms with Gasteiger partial charge >= 0.3 is 0 Å². The van der Waals surface area contributed by atoms with Crippen molar-refractivity contribution in [3.8, 4) is 5.75 Å². The third kappa shape index (κ3) is 3.15. The van der Waals surface area contributed by atoms with Crippen LogP contribution in [0.15, 0.2) is 18.2 Å². The van der Waals surface area contributed by atoms with E-state index in [2.05, 4.69) is 0 Å². The molecule has 1 aromatic carbocycles. The molecule has 0 aliphatic rings. The van der Waals surface area contributed by atoms with Gasteiger partial charge in [-0.3, -0.25) is 4.79 Å². The minimum Gasteiger partial charge on any atom is -0.494 e. The van der Waals surface area contributed by atoms with Gasteiger partial charge in [0, 0.05) is 6.08 Å². The average Bonchev–Trinajstić information content (AvgIpc) is 2.14. The van der Waals surface area contributed by atoms with Crippen molar-refractivity contribution in [2.75, 3.05) is 7.11 Å². The summed E-state index contributed by atoms with van der Waals surface area (Å²) in [4.78, 5) is 10.5. The Balaban J connectivity index is 3.09. The first-order valence-corrected chi connectivity index (χ1v) is 4.80. The summed E-state index contributed by atoms with van der Waals surface area (Å²) in [5.74, 6) is -0.118. The number of hydrogen-bond donors (Lipinski definition) is 1. The zero-order valence-electron chi connectivity index (χ0n) is 7.96. The predicted molar refractivity (Wildman–Crippen MR) is 61.2 cm³/mol. The lowest BCUT2D eigenvalue weighted by Crippen LogP contribution is -2.05. The van der Waals surface area contributed by atoms with E-state index in [0.717, 1.165) is 0 Å². The third-order valence-electron chi connectivity index (χ3n) is 1.66. The molecule has 0 aliphatic carbocycles. The molecule has 0 spiro atoms. The monoisotopic (exact) mass is 245 g/mol. The Morgan fingerprint density at radius 3 is 2.33 bits per heavy atom. The minimum atomic E-state index is -0.530. The van der Waals surface area contributed by atoms with E-state index in [0.29, 0.717) is 21.4 Å². The normalized spacial score (nSPS) is 10.6. The number of benzene rings is 1. The summed E-state index contributed by atoms with van der Waals surface area (Å²) in [5.41, 5.74) is 5.64. The van der Waals surface area contributed by atoms with Crippen LogP contribution in [0.3, 0.4) is 0 Å². The number of rotatable bonds is 3. The summed E-state index contributed by atoms with van der Waals surface area (Å²) in [5, 5.41) is 0.767. The van der Waals surface area contributed by atoms with E-state index in [1.165, 1.54) is 19.3 Å². The number of halogens is 2. The third-order valence-corrected chi connectivity index (χ3v) is 2.23. The maximum absolute atomic E-state index is 10.5. The first-order chi connectivity index (χ1) is 7.04. The molecular weight excluding hydrogens is 237 g/mol. The van der Waals surface area contributed by atoms with Gasteiger partial charge in [0.25, 0.3) is 0 Å². The molecule has 0 aliphatic heterocycles. The predicted octanol–water partition coefficient (Wildman–Crippen LogP) is 2.50. The summed E-state index contributed by atoms with van der Waals surface area (Å²) < 4.78 is 4.98. The van der Waals surface area contributed by atoms with Gasteiger partial charge in [0.15, 0.2) is 5.75 Å². The topological polar surface area (TPSA) is 52.3 Å². The molecule has 0 unspecified atom stereocenters. The number of ether oxygens (including phenoxy) is 1. The van der Waals surface area contributed by atoms with E-state index in [9.17, 15) is 4.79 Å². The standard InChI is InChI=1S/C10H9Cl2NO2/c1-15-10-7(11)4-6(5-8(10)12)2-3-9(13)14/h2-5H,1H3,(H2,13,14)/b3-2+. The molecule has 0 saturated heterocycles. The highest BCUT2D eigenvalue weighted by atomic mass is 35.5. The van der Waals surface area contributed by atoms with Crippen LogP contribution >= 0.6 is 23.2 Å². The number of nitrogens with two attached hydrogens (primary N) is 1. The molecule has 0 bridgehead atoms. The van der Waals surface area contributed by atoms with E-state index in [1.54, 1.807) is 12.1 Å². The number of methoxy groups -OCH3 is 1. The average molecular weight is 246 g/mol. The van der Waals surface area contributed by atoms with E-state index >= 15 is 0 Å². The highest BCUT2D eigenvalue weighted by molar-refractivity contribution is 6.37. The van der Waals surface area contributed by atoms with Gasteiger partial charge in [0.1, 0.15) is 0 Å². The molecule has 1 aromatic rings. The van der Waals surface area contributed by atoms with Crippen molar-refractivity contribution in [2.45, 2.75) is 0 Å². The number of primary amides is 1. The fourth-order valence-electron chi connectivity index (χ4n) is 1.05. The van der Waals surface area contributed by atoms with Gasteiger partial charge in [-0.05, 0) is 23.8 Å². The first kappa shape index (κ1) is 11.9. The van der Waals surface area contributed by atoms with Crippen molar-refractivity contribution in [2.24, 2.45) is 5.73 Å². The van der Waals surface area contributed by atoms with Crippen LogP contribution in [0.5, 0.6) is 5.75 Å². The lowest BCUT2D eigenvalue weighted by molar-refractivity contribution is -0.113. The number of carbonyl (C=O) groups excluding carboxylic acids is 1. The molecule has 0 heterocycles. The highest BCUT2D eigenvalue weighted by Crippen LogP contribution is 2.34. The second kappa shape index (κ2) is 5.05. The molecule has 5 heteroatoms. The summed E-state index contributed by atoms with van der Waals surface area (Å²) in [6, 6.07) is 3.26. The lowest BCUT2D eigenvalue weighted by Gasteiger charge is -2.06. The van der Waals surface area contributed by atoms with Crippen LogP contribution in [0.1, 0.15) is 5.56 Å². The molecule has 80 valence electrons. The van der Waals surface area contributed by atoms with E-state index in [4.69, 9.17) is 33.7 Å². The largest absolute Gasteiger partial charge is 0.494 e. The molecule has 1 rings (SSSR count). The minimum absolute atomic E-state index is 0.383. The Labute approximate surface area is 97.4 Å². The van der Waals surface area contributed by atoms with Gasteiger partial charge in [-0.1, -0.05) is 23.2 Å².